The van der Waals surface area contributed by atoms with Crippen molar-refractivity contribution in [3.05, 3.63) is 6.33 Å². The fourth-order valence-electron chi connectivity index (χ4n) is 3.16. The van der Waals surface area contributed by atoms with Gasteiger partial charge in [-0.1, -0.05) is 0 Å². The summed E-state index contributed by atoms with van der Waals surface area (Å²) in [6.45, 7) is 0.0129. The molecule has 0 radical (unpaired) electrons. The molecular weight excluding hydrogens is 406 g/mol. The number of nitrogens with two attached hydrogens (primary N) is 1. The van der Waals surface area contributed by atoms with Crippen molar-refractivity contribution in [2.75, 3.05) is 24.7 Å². The van der Waals surface area contributed by atoms with E-state index in [1.54, 1.807) is 19.0 Å². The largest absolute Gasteiger partial charge is 0.391 e. The minimum Gasteiger partial charge on any atom is -0.369 e. The second-order valence-electron chi connectivity index (χ2n) is 7.41. The van der Waals surface area contributed by atoms with E-state index in [4.69, 9.17) is 10.5 Å². The number of imidazole rings is 1. The van der Waals surface area contributed by atoms with Gasteiger partial charge in [-0.05, 0) is 12.8 Å². The van der Waals surface area contributed by atoms with E-state index in [2.05, 4.69) is 15.0 Å². The number of nitrogen functional groups attached to an aromatic ring is 1. The fourth-order valence-corrected chi connectivity index (χ4v) is 3.16. The van der Waals surface area contributed by atoms with Gasteiger partial charge in [0.25, 0.3) is 0 Å². The summed E-state index contributed by atoms with van der Waals surface area (Å²) < 4.78 is 83.2. The minimum atomic E-state index is -4.77. The van der Waals surface area contributed by atoms with Gasteiger partial charge in [0.2, 0.25) is 5.95 Å². The molecule has 2 aromatic heterocycles. The van der Waals surface area contributed by atoms with Crippen molar-refractivity contribution >= 4 is 22.9 Å². The molecule has 2 aromatic rings. The molecule has 0 atom stereocenters. The smallest absolute Gasteiger partial charge is 0.369 e. The van der Waals surface area contributed by atoms with Crippen molar-refractivity contribution < 1.29 is 31.1 Å². The van der Waals surface area contributed by atoms with Crippen LogP contribution >= 0.6 is 0 Å². The van der Waals surface area contributed by atoms with Crippen LogP contribution in [0.2, 0.25) is 0 Å². The first kappa shape index (κ1) is 21.4. The van der Waals surface area contributed by atoms with Crippen molar-refractivity contribution in [3.63, 3.8) is 0 Å². The molecule has 0 spiro atoms. The summed E-state index contributed by atoms with van der Waals surface area (Å²) in [5, 5.41) is 0. The SMILES string of the molecule is CN(C)c1nc(N)nc2c1ncn2CC1(OC(CC(F)(F)F)CC(F)(F)F)CC1. The monoisotopic (exact) mass is 426 g/mol. The van der Waals surface area contributed by atoms with Crippen molar-refractivity contribution in [1.82, 2.24) is 19.5 Å². The Balaban J connectivity index is 1.84. The molecule has 162 valence electrons. The van der Waals surface area contributed by atoms with Crippen LogP contribution in [0.4, 0.5) is 38.1 Å². The molecule has 29 heavy (non-hydrogen) atoms. The molecule has 1 aliphatic rings. The van der Waals surface area contributed by atoms with Gasteiger partial charge in [0.05, 0.1) is 37.4 Å². The van der Waals surface area contributed by atoms with Gasteiger partial charge in [0.1, 0.15) is 0 Å². The number of rotatable bonds is 7. The van der Waals surface area contributed by atoms with Crippen LogP contribution in [0.3, 0.4) is 0 Å². The van der Waals surface area contributed by atoms with Crippen molar-refractivity contribution in [2.45, 2.75) is 56.3 Å². The molecule has 2 heterocycles. The third-order valence-electron chi connectivity index (χ3n) is 4.49. The number of hydrogen-bond acceptors (Lipinski definition) is 6. The van der Waals surface area contributed by atoms with Crippen LogP contribution in [0, 0.1) is 0 Å². The number of nitrogens with zero attached hydrogens (tertiary/aromatic N) is 5. The molecular formula is C16H20F6N6O. The first-order chi connectivity index (χ1) is 13.3. The molecule has 0 unspecified atom stereocenters. The highest BCUT2D eigenvalue weighted by molar-refractivity contribution is 5.84. The van der Waals surface area contributed by atoms with Gasteiger partial charge in [-0.2, -0.15) is 36.3 Å². The zero-order valence-electron chi connectivity index (χ0n) is 15.7. The standard InChI is InChI=1S/C16H20F6N6O/c1-27(2)11-10-12(26-13(23)25-11)28(8-24-10)7-14(3-4-14)29-9(5-15(17,18)19)6-16(20,21)22/h8-9H,3-7H2,1-2H3,(H2,23,25,26). The minimum absolute atomic E-state index is 0.0129. The lowest BCUT2D eigenvalue weighted by Crippen LogP contribution is -2.34. The summed E-state index contributed by atoms with van der Waals surface area (Å²) in [7, 11) is 3.45. The first-order valence-electron chi connectivity index (χ1n) is 8.74. The molecule has 0 saturated heterocycles. The van der Waals surface area contributed by atoms with Gasteiger partial charge in [-0.15, -0.1) is 0 Å². The molecule has 1 fully saturated rings. The maximum absolute atomic E-state index is 12.7. The lowest BCUT2D eigenvalue weighted by atomic mass is 10.1. The lowest BCUT2D eigenvalue weighted by molar-refractivity contribution is -0.206. The van der Waals surface area contributed by atoms with Crippen LogP contribution in [0.1, 0.15) is 25.7 Å². The van der Waals surface area contributed by atoms with Gasteiger partial charge >= 0.3 is 12.4 Å². The molecule has 13 heteroatoms. The average molecular weight is 426 g/mol. The number of aromatic nitrogens is 4. The van der Waals surface area contributed by atoms with E-state index in [0.29, 0.717) is 29.8 Å². The summed E-state index contributed by atoms with van der Waals surface area (Å²) in [6, 6.07) is 0. The normalized spacial score (nSPS) is 16.6. The van der Waals surface area contributed by atoms with Crippen LogP contribution < -0.4 is 10.6 Å². The van der Waals surface area contributed by atoms with Crippen molar-refractivity contribution in [3.8, 4) is 0 Å². The van der Waals surface area contributed by atoms with E-state index < -0.39 is 36.9 Å². The first-order valence-corrected chi connectivity index (χ1v) is 8.74. The molecule has 1 saturated carbocycles. The van der Waals surface area contributed by atoms with Crippen molar-refractivity contribution in [1.29, 1.82) is 0 Å². The Labute approximate surface area is 161 Å². The van der Waals surface area contributed by atoms with Crippen LogP contribution in [-0.2, 0) is 11.3 Å². The number of fused-ring (bicyclic) bond motifs is 1. The Hall–Kier alpha value is -2.31. The molecule has 0 bridgehead atoms. The summed E-state index contributed by atoms with van der Waals surface area (Å²) in [4.78, 5) is 14.1. The molecule has 1 aliphatic carbocycles. The van der Waals surface area contributed by atoms with E-state index in [1.165, 1.54) is 10.9 Å². The number of anilines is 2. The van der Waals surface area contributed by atoms with Gasteiger partial charge in [-0.25, -0.2) is 4.98 Å². The number of alkyl halides is 6. The van der Waals surface area contributed by atoms with Gasteiger partial charge in [-0.3, -0.25) is 0 Å². The van der Waals surface area contributed by atoms with Crippen molar-refractivity contribution in [2.24, 2.45) is 0 Å². The highest BCUT2D eigenvalue weighted by Gasteiger charge is 2.50. The molecule has 3 rings (SSSR count). The van der Waals surface area contributed by atoms with E-state index >= 15 is 0 Å². The molecule has 0 aliphatic heterocycles. The summed E-state index contributed by atoms with van der Waals surface area (Å²) in [6.07, 6.45) is -12.8. The van der Waals surface area contributed by atoms with E-state index in [1.807, 2.05) is 0 Å². The Kier molecular flexibility index (Phi) is 5.30. The van der Waals surface area contributed by atoms with Gasteiger partial charge in [0, 0.05) is 14.1 Å². The third-order valence-corrected chi connectivity index (χ3v) is 4.49. The van der Waals surface area contributed by atoms with Crippen LogP contribution in [0.5, 0.6) is 0 Å². The maximum atomic E-state index is 12.7. The Bertz CT molecular complexity index is 857. The highest BCUT2D eigenvalue weighted by atomic mass is 19.4. The highest BCUT2D eigenvalue weighted by Crippen LogP contribution is 2.45. The fraction of sp³-hybridized carbons (Fsp3) is 0.688. The Morgan fingerprint density at radius 3 is 2.21 bits per heavy atom. The van der Waals surface area contributed by atoms with E-state index in [-0.39, 0.29) is 12.5 Å². The number of hydrogen-bond donors (Lipinski definition) is 1. The van der Waals surface area contributed by atoms with Gasteiger partial charge in [0.15, 0.2) is 17.0 Å². The van der Waals surface area contributed by atoms with Gasteiger partial charge < -0.3 is 19.9 Å². The molecule has 2 N–H and O–H groups in total. The molecule has 7 nitrogen and oxygen atoms in total. The quantitative estimate of drug-likeness (QED) is 0.685. The molecule has 0 amide bonds. The second-order valence-corrected chi connectivity index (χ2v) is 7.41. The second kappa shape index (κ2) is 7.18. The van der Waals surface area contributed by atoms with E-state index in [9.17, 15) is 26.3 Å². The third kappa shape index (κ3) is 5.40. The van der Waals surface area contributed by atoms with Crippen LogP contribution in [-0.4, -0.2) is 57.7 Å². The Morgan fingerprint density at radius 2 is 1.72 bits per heavy atom. The predicted octanol–water partition coefficient (Wildman–Crippen LogP) is 3.30. The van der Waals surface area contributed by atoms with Crippen LogP contribution in [0.25, 0.3) is 11.2 Å². The summed E-state index contributed by atoms with van der Waals surface area (Å²) in [5.74, 6) is 0.421. The average Bonchev–Trinajstić information content (AvgIpc) is 3.15. The summed E-state index contributed by atoms with van der Waals surface area (Å²) >= 11 is 0. The zero-order valence-corrected chi connectivity index (χ0v) is 15.7. The zero-order chi connectivity index (χ0) is 21.6. The number of halogens is 6. The Morgan fingerprint density at radius 1 is 1.14 bits per heavy atom. The summed E-state index contributed by atoms with van der Waals surface area (Å²) in [5.41, 5.74) is 5.34. The maximum Gasteiger partial charge on any atom is 0.391 e. The van der Waals surface area contributed by atoms with Crippen LogP contribution in [0.15, 0.2) is 6.33 Å². The molecule has 0 aromatic carbocycles. The predicted molar refractivity (Wildman–Crippen MR) is 92.2 cm³/mol. The van der Waals surface area contributed by atoms with E-state index in [0.717, 1.165) is 0 Å². The number of ether oxygens (including phenoxy) is 1. The lowest BCUT2D eigenvalue weighted by Gasteiger charge is -2.27. The topological polar surface area (TPSA) is 82.1 Å².